The number of carbonyl (C=O) groups excluding carboxylic acids is 4. The fraction of sp³-hybridized carbons (Fsp3) is 0.529. The lowest BCUT2D eigenvalue weighted by Crippen LogP contribution is -2.79. The van der Waals surface area contributed by atoms with Gasteiger partial charge in [-0.1, -0.05) is 74.9 Å². The summed E-state index contributed by atoms with van der Waals surface area (Å²) in [7, 11) is 11.0. The first kappa shape index (κ1) is 34.4. The number of amides is 4. The van der Waals surface area contributed by atoms with E-state index in [9.17, 15) is 15.0 Å². The molecule has 2 aromatic rings. The third kappa shape index (κ3) is 3.09. The molecule has 4 bridgehead atoms. The molecule has 10 heterocycles. The standard InChI is InChI=1S/C34H36N6O6S6/c1-15(2)31-27(45)39-23-29(17-11-7-9-13-19(17)35-23,21(41)33(39,48-47-31)25(43)37(31)5)30-18-12-8-10-14-20(18)36-24(30)40-28(46)32(16(3)4)38(6)26(44)34(40,22(30)42)50-52-51-49-32/h7-16,21-24,35-36,41-42H,1-6H3/t21-,22-,23-,24+,29?,30?,31+,32+,33-,34-/m0/s1. The summed E-state index contributed by atoms with van der Waals surface area (Å²) in [5.41, 5.74) is -0.877. The second-order valence-electron chi connectivity index (χ2n) is 15.4. The van der Waals surface area contributed by atoms with E-state index in [2.05, 4.69) is 10.6 Å². The van der Waals surface area contributed by atoms with Crippen molar-refractivity contribution in [3.8, 4) is 0 Å². The molecule has 0 aromatic heterocycles. The van der Waals surface area contributed by atoms with Gasteiger partial charge in [-0.3, -0.25) is 29.0 Å². The van der Waals surface area contributed by atoms with Gasteiger partial charge in [0.25, 0.3) is 23.6 Å². The summed E-state index contributed by atoms with van der Waals surface area (Å²) in [5.74, 6) is -2.05. The number of rotatable bonds is 3. The van der Waals surface area contributed by atoms with Gasteiger partial charge in [0.05, 0.1) is 10.8 Å². The number of nitrogens with zero attached hydrogens (tertiary/aromatic N) is 4. The van der Waals surface area contributed by atoms with E-state index in [1.165, 1.54) is 61.8 Å². The molecule has 0 radical (unpaired) electrons. The van der Waals surface area contributed by atoms with Crippen molar-refractivity contribution in [3.05, 3.63) is 59.7 Å². The molecule has 52 heavy (non-hydrogen) atoms. The largest absolute Gasteiger partial charge is 0.388 e. The molecular formula is C34H36N6O6S6. The smallest absolute Gasteiger partial charge is 0.264 e. The molecule has 4 N–H and O–H groups in total. The number of para-hydroxylation sites is 2. The van der Waals surface area contributed by atoms with Crippen molar-refractivity contribution >= 4 is 97.8 Å². The van der Waals surface area contributed by atoms with Crippen molar-refractivity contribution in [2.24, 2.45) is 11.8 Å². The topological polar surface area (TPSA) is 146 Å². The zero-order valence-electron chi connectivity index (χ0n) is 28.8. The van der Waals surface area contributed by atoms with Crippen molar-refractivity contribution in [2.75, 3.05) is 24.7 Å². The van der Waals surface area contributed by atoms with Crippen LogP contribution in [0.25, 0.3) is 0 Å². The number of fused-ring (bicyclic) bond motifs is 13. The molecule has 274 valence electrons. The van der Waals surface area contributed by atoms with Crippen LogP contribution in [0.3, 0.4) is 0 Å². The normalized spacial score (nSPS) is 43.7. The molecule has 0 aliphatic carbocycles. The van der Waals surface area contributed by atoms with Gasteiger partial charge in [-0.05, 0) is 87.1 Å². The average Bonchev–Trinajstić information content (AvgIpc) is 3.76. The molecule has 18 heteroatoms. The van der Waals surface area contributed by atoms with Gasteiger partial charge >= 0.3 is 0 Å². The SMILES string of the molecule is CC(C)[C@]12SSSS[C@]3(C(=O)N1C)[C@@H](O)C1(C45c6ccccc6N[C@H]4N4C(=O)[C@@]6(C(C)C)SS[C@]4(C(=O)N6C)[C@H]5O)c4ccccc4N[C@@H]1N3C2=O. The molecular weight excluding hydrogens is 781 g/mol. The van der Waals surface area contributed by atoms with E-state index < -0.39 is 66.7 Å². The number of likely N-dealkylation sites (N-methyl/N-ethyl adjacent to an activating group) is 2. The van der Waals surface area contributed by atoms with Crippen molar-refractivity contribution in [1.29, 1.82) is 0 Å². The van der Waals surface area contributed by atoms with Crippen molar-refractivity contribution in [3.63, 3.8) is 0 Å². The van der Waals surface area contributed by atoms with Crippen LogP contribution in [0.5, 0.6) is 0 Å². The Morgan fingerprint density at radius 2 is 1.00 bits per heavy atom. The summed E-state index contributed by atoms with van der Waals surface area (Å²) >= 11 is 0. The van der Waals surface area contributed by atoms with E-state index >= 15 is 14.4 Å². The highest BCUT2D eigenvalue weighted by Gasteiger charge is 2.92. The van der Waals surface area contributed by atoms with Crippen LogP contribution in [-0.4, -0.2) is 112 Å². The molecule has 10 aliphatic heterocycles. The quantitative estimate of drug-likeness (QED) is 0.333. The van der Waals surface area contributed by atoms with Crippen LogP contribution >= 0.6 is 62.8 Å². The van der Waals surface area contributed by atoms with Crippen LogP contribution in [0.1, 0.15) is 38.8 Å². The monoisotopic (exact) mass is 816 g/mol. The van der Waals surface area contributed by atoms with Gasteiger partial charge in [-0.2, -0.15) is 0 Å². The lowest BCUT2D eigenvalue weighted by atomic mass is 9.52. The van der Waals surface area contributed by atoms with Gasteiger partial charge in [0.1, 0.15) is 24.5 Å². The second kappa shape index (κ2) is 10.4. The zero-order chi connectivity index (χ0) is 36.7. The molecule has 12 rings (SSSR count). The summed E-state index contributed by atoms with van der Waals surface area (Å²) in [6.07, 6.45) is -5.37. The van der Waals surface area contributed by atoms with E-state index in [1.54, 1.807) is 23.9 Å². The minimum atomic E-state index is -1.84. The number of aliphatic hydroxyl groups excluding tert-OH is 2. The lowest BCUT2D eigenvalue weighted by Gasteiger charge is -2.60. The molecule has 2 spiro atoms. The number of carbonyl (C=O) groups is 4. The average molecular weight is 817 g/mol. The summed E-state index contributed by atoms with van der Waals surface area (Å²) in [4.78, 5) is 61.0. The minimum absolute atomic E-state index is 0.283. The van der Waals surface area contributed by atoms with E-state index in [4.69, 9.17) is 0 Å². The lowest BCUT2D eigenvalue weighted by molar-refractivity contribution is -0.169. The highest BCUT2D eigenvalue weighted by molar-refractivity contribution is 9.26. The Bertz CT molecular complexity index is 2050. The van der Waals surface area contributed by atoms with E-state index in [-0.39, 0.29) is 23.7 Å². The summed E-state index contributed by atoms with van der Waals surface area (Å²) < 4.78 is 0. The predicted molar refractivity (Wildman–Crippen MR) is 208 cm³/mol. The zero-order valence-corrected chi connectivity index (χ0v) is 33.7. The van der Waals surface area contributed by atoms with Gasteiger partial charge in [-0.15, -0.1) is 0 Å². The van der Waals surface area contributed by atoms with Crippen molar-refractivity contribution in [2.45, 2.75) is 82.5 Å². The number of hydrogen-bond acceptors (Lipinski definition) is 14. The first-order chi connectivity index (χ1) is 24.7. The highest BCUT2D eigenvalue weighted by atomic mass is 33.7. The van der Waals surface area contributed by atoms with Crippen LogP contribution < -0.4 is 10.6 Å². The first-order valence-corrected chi connectivity index (χ1v) is 24.1. The minimum Gasteiger partial charge on any atom is -0.388 e. The van der Waals surface area contributed by atoms with Crippen molar-refractivity contribution < 1.29 is 29.4 Å². The van der Waals surface area contributed by atoms with Gasteiger partial charge < -0.3 is 30.6 Å². The molecule has 8 fully saturated rings. The van der Waals surface area contributed by atoms with Gasteiger partial charge in [0, 0.05) is 25.5 Å². The number of anilines is 2. The van der Waals surface area contributed by atoms with Gasteiger partial charge in [0.15, 0.2) is 9.74 Å². The molecule has 0 saturated carbocycles. The molecule has 8 saturated heterocycles. The van der Waals surface area contributed by atoms with Crippen molar-refractivity contribution in [1.82, 2.24) is 19.6 Å². The Labute approximate surface area is 323 Å². The van der Waals surface area contributed by atoms with Crippen LogP contribution in [0.4, 0.5) is 11.4 Å². The second-order valence-corrected chi connectivity index (χ2v) is 24.1. The maximum absolute atomic E-state index is 15.5. The Morgan fingerprint density at radius 1 is 0.596 bits per heavy atom. The number of benzene rings is 2. The van der Waals surface area contributed by atoms with E-state index in [1.807, 2.05) is 76.2 Å². The van der Waals surface area contributed by atoms with E-state index in [0.717, 1.165) is 10.8 Å². The molecule has 12 nitrogen and oxygen atoms in total. The Hall–Kier alpha value is -2.06. The van der Waals surface area contributed by atoms with Gasteiger partial charge in [0.2, 0.25) is 9.74 Å². The fourth-order valence-electron chi connectivity index (χ4n) is 11.0. The number of aliphatic hydroxyl groups is 2. The summed E-state index contributed by atoms with van der Waals surface area (Å²) in [6, 6.07) is 14.9. The third-order valence-corrected chi connectivity index (χ3v) is 24.6. The van der Waals surface area contributed by atoms with E-state index in [0.29, 0.717) is 22.5 Å². The molecule has 10 atom stereocenters. The van der Waals surface area contributed by atoms with Crippen LogP contribution in [0, 0.1) is 11.8 Å². The number of hydrogen-bond donors (Lipinski definition) is 4. The molecule has 10 aliphatic rings. The van der Waals surface area contributed by atoms with Gasteiger partial charge in [-0.25, -0.2) is 0 Å². The van der Waals surface area contributed by atoms with Crippen LogP contribution in [0.2, 0.25) is 0 Å². The maximum Gasteiger partial charge on any atom is 0.264 e. The molecule has 2 aromatic carbocycles. The number of piperazine rings is 2. The summed E-state index contributed by atoms with van der Waals surface area (Å²) in [5, 5.41) is 34.5. The Kier molecular flexibility index (Phi) is 6.89. The first-order valence-electron chi connectivity index (χ1n) is 17.1. The Balaban J connectivity index is 1.34. The highest BCUT2D eigenvalue weighted by Crippen LogP contribution is 2.79. The molecule has 2 unspecified atom stereocenters. The Morgan fingerprint density at radius 3 is 1.46 bits per heavy atom. The van der Waals surface area contributed by atoms with Crippen LogP contribution in [0.15, 0.2) is 48.5 Å². The summed E-state index contributed by atoms with van der Waals surface area (Å²) in [6.45, 7) is 7.68. The predicted octanol–water partition coefficient (Wildman–Crippen LogP) is 3.90. The fourth-order valence-corrected chi connectivity index (χ4v) is 23.3. The maximum atomic E-state index is 15.5. The number of nitrogens with one attached hydrogen (secondary N) is 2. The third-order valence-electron chi connectivity index (χ3n) is 13.2. The molecule has 4 amide bonds. The van der Waals surface area contributed by atoms with Crippen LogP contribution in [-0.2, 0) is 30.0 Å².